The first-order chi connectivity index (χ1) is 4.16. The summed E-state index contributed by atoms with van der Waals surface area (Å²) in [6.07, 6.45) is 1.10. The third-order valence-electron chi connectivity index (χ3n) is 1.15. The van der Waals surface area contributed by atoms with Crippen molar-refractivity contribution in [1.29, 1.82) is 0 Å². The number of hydrogen-bond donors (Lipinski definition) is 2. The van der Waals surface area contributed by atoms with E-state index >= 15 is 0 Å². The second-order valence-corrected chi connectivity index (χ2v) is 2.35. The minimum absolute atomic E-state index is 0.221. The summed E-state index contributed by atoms with van der Waals surface area (Å²) < 4.78 is 0. The van der Waals surface area contributed by atoms with Gasteiger partial charge in [0.1, 0.15) is 0 Å². The monoisotopic (exact) mass is 131 g/mol. The van der Waals surface area contributed by atoms with Crippen LogP contribution >= 0.6 is 0 Å². The molecule has 0 saturated carbocycles. The molecule has 1 amide bonds. The summed E-state index contributed by atoms with van der Waals surface area (Å²) in [6, 6.07) is 0. The molecule has 1 atom stereocenters. The number of hydrogen-bond acceptors (Lipinski definition) is 1. The van der Waals surface area contributed by atoms with Crippen LogP contribution in [0.5, 0.6) is 0 Å². The van der Waals surface area contributed by atoms with E-state index in [1.54, 1.807) is 0 Å². The number of primary amides is 1. The maximum atomic E-state index is 10.3. The Balaban J connectivity index is 3.26. The highest BCUT2D eigenvalue weighted by Crippen LogP contribution is 1.60. The molecule has 0 fully saturated rings. The van der Waals surface area contributed by atoms with Crippen molar-refractivity contribution >= 4 is 5.91 Å². The van der Waals surface area contributed by atoms with Crippen molar-refractivity contribution in [3.8, 4) is 0 Å². The molecule has 3 heteroatoms. The van der Waals surface area contributed by atoms with Crippen LogP contribution in [0.2, 0.25) is 0 Å². The zero-order valence-electron chi connectivity index (χ0n) is 6.11. The molecule has 0 aromatic heterocycles. The molecule has 0 aliphatic carbocycles. The summed E-state index contributed by atoms with van der Waals surface area (Å²) in [5.74, 6) is -0.221. The smallest absolute Gasteiger partial charge is 0.272 e. The van der Waals surface area contributed by atoms with Gasteiger partial charge in [-0.25, -0.2) is 0 Å². The van der Waals surface area contributed by atoms with E-state index in [2.05, 4.69) is 6.92 Å². The fraction of sp³-hybridized carbons (Fsp3) is 0.833. The SMILES string of the molecule is CCC[NH+](C)CC(N)=O. The molecule has 3 nitrogen and oxygen atoms in total. The number of carbonyl (C=O) groups excluding carboxylic acids is 1. The Morgan fingerprint density at radius 2 is 2.22 bits per heavy atom. The van der Waals surface area contributed by atoms with E-state index in [4.69, 9.17) is 5.73 Å². The van der Waals surface area contributed by atoms with Crippen molar-refractivity contribution in [3.63, 3.8) is 0 Å². The van der Waals surface area contributed by atoms with E-state index < -0.39 is 0 Å². The summed E-state index contributed by atoms with van der Waals surface area (Å²) >= 11 is 0. The van der Waals surface area contributed by atoms with E-state index in [0.717, 1.165) is 13.0 Å². The van der Waals surface area contributed by atoms with Crippen LogP contribution in [0.3, 0.4) is 0 Å². The maximum Gasteiger partial charge on any atom is 0.272 e. The zero-order valence-corrected chi connectivity index (χ0v) is 6.11. The normalized spacial score (nSPS) is 13.1. The number of likely N-dealkylation sites (N-methyl/N-ethyl adjacent to an activating group) is 1. The van der Waals surface area contributed by atoms with Gasteiger partial charge in [0, 0.05) is 0 Å². The van der Waals surface area contributed by atoms with E-state index in [1.807, 2.05) is 7.05 Å². The molecule has 0 bridgehead atoms. The lowest BCUT2D eigenvalue weighted by Crippen LogP contribution is -3.10. The Morgan fingerprint density at radius 3 is 2.56 bits per heavy atom. The van der Waals surface area contributed by atoms with Crippen molar-refractivity contribution in [3.05, 3.63) is 0 Å². The zero-order chi connectivity index (χ0) is 7.28. The number of amides is 1. The van der Waals surface area contributed by atoms with Crippen LogP contribution in [-0.2, 0) is 4.79 Å². The molecule has 0 rings (SSSR count). The van der Waals surface area contributed by atoms with E-state index in [9.17, 15) is 4.79 Å². The number of quaternary nitrogens is 1. The number of rotatable bonds is 4. The number of nitrogens with two attached hydrogens (primary N) is 1. The Morgan fingerprint density at radius 1 is 1.67 bits per heavy atom. The molecule has 0 spiro atoms. The average molecular weight is 131 g/mol. The summed E-state index contributed by atoms with van der Waals surface area (Å²) in [4.78, 5) is 11.5. The van der Waals surface area contributed by atoms with Gasteiger partial charge in [0.05, 0.1) is 13.6 Å². The van der Waals surface area contributed by atoms with Gasteiger partial charge >= 0.3 is 0 Å². The Hall–Kier alpha value is -0.570. The molecule has 0 heterocycles. The van der Waals surface area contributed by atoms with Gasteiger partial charge in [-0.15, -0.1) is 0 Å². The molecule has 0 aromatic rings. The Kier molecular flexibility index (Phi) is 4.05. The number of carbonyl (C=O) groups is 1. The molecule has 9 heavy (non-hydrogen) atoms. The largest absolute Gasteiger partial charge is 0.365 e. The summed E-state index contributed by atoms with van der Waals surface area (Å²) in [5.41, 5.74) is 4.96. The Labute approximate surface area is 55.8 Å². The molecule has 54 valence electrons. The van der Waals surface area contributed by atoms with Gasteiger partial charge in [-0.2, -0.15) is 0 Å². The van der Waals surface area contributed by atoms with Gasteiger partial charge in [0.25, 0.3) is 5.91 Å². The quantitative estimate of drug-likeness (QED) is 0.474. The molecule has 0 aliphatic heterocycles. The first-order valence-corrected chi connectivity index (χ1v) is 3.26. The van der Waals surface area contributed by atoms with E-state index in [1.165, 1.54) is 4.90 Å². The third-order valence-corrected chi connectivity index (χ3v) is 1.15. The summed E-state index contributed by atoms with van der Waals surface area (Å²) in [6.45, 7) is 3.56. The predicted octanol–water partition coefficient (Wildman–Crippen LogP) is -1.60. The minimum atomic E-state index is -0.221. The fourth-order valence-corrected chi connectivity index (χ4v) is 0.813. The first-order valence-electron chi connectivity index (χ1n) is 3.26. The van der Waals surface area contributed by atoms with Gasteiger partial charge in [-0.05, 0) is 6.42 Å². The van der Waals surface area contributed by atoms with E-state index in [-0.39, 0.29) is 5.91 Å². The Bertz CT molecular complexity index is 93.1. The van der Waals surface area contributed by atoms with Crippen LogP contribution in [-0.4, -0.2) is 26.0 Å². The summed E-state index contributed by atoms with van der Waals surface area (Å²) in [7, 11) is 1.97. The second-order valence-electron chi connectivity index (χ2n) is 2.35. The lowest BCUT2D eigenvalue weighted by Gasteiger charge is -2.08. The van der Waals surface area contributed by atoms with Gasteiger partial charge in [-0.1, -0.05) is 6.92 Å². The van der Waals surface area contributed by atoms with Crippen molar-refractivity contribution in [2.45, 2.75) is 13.3 Å². The van der Waals surface area contributed by atoms with Gasteiger partial charge in [0.2, 0.25) is 0 Å². The van der Waals surface area contributed by atoms with Crippen LogP contribution in [0.1, 0.15) is 13.3 Å². The third kappa shape index (κ3) is 5.30. The molecule has 1 unspecified atom stereocenters. The maximum absolute atomic E-state index is 10.3. The van der Waals surface area contributed by atoms with Crippen molar-refractivity contribution < 1.29 is 9.69 Å². The molecular weight excluding hydrogens is 116 g/mol. The van der Waals surface area contributed by atoms with Crippen LogP contribution in [0, 0.1) is 0 Å². The molecule has 0 aliphatic rings. The second kappa shape index (κ2) is 4.32. The van der Waals surface area contributed by atoms with Gasteiger partial charge in [-0.3, -0.25) is 4.79 Å². The molecule has 3 N–H and O–H groups in total. The summed E-state index contributed by atoms with van der Waals surface area (Å²) in [5, 5.41) is 0. The highest BCUT2D eigenvalue weighted by Gasteiger charge is 2.02. The predicted molar refractivity (Wildman–Crippen MR) is 36.1 cm³/mol. The molecule has 0 aromatic carbocycles. The lowest BCUT2D eigenvalue weighted by atomic mass is 10.4. The van der Waals surface area contributed by atoms with Crippen molar-refractivity contribution in [2.24, 2.45) is 5.73 Å². The van der Waals surface area contributed by atoms with E-state index in [0.29, 0.717) is 6.54 Å². The minimum Gasteiger partial charge on any atom is -0.365 e. The van der Waals surface area contributed by atoms with Crippen molar-refractivity contribution in [2.75, 3.05) is 20.1 Å². The highest BCUT2D eigenvalue weighted by molar-refractivity contribution is 5.74. The van der Waals surface area contributed by atoms with Crippen LogP contribution < -0.4 is 10.6 Å². The fourth-order valence-electron chi connectivity index (χ4n) is 0.813. The standard InChI is InChI=1S/C6H14N2O/c1-3-4-8(2)5-6(7)9/h3-5H2,1-2H3,(H2,7,9)/p+1. The molecule has 0 saturated heterocycles. The van der Waals surface area contributed by atoms with Gasteiger partial charge in [0.15, 0.2) is 6.54 Å². The average Bonchev–Trinajstić information content (AvgIpc) is 1.63. The van der Waals surface area contributed by atoms with Crippen LogP contribution in [0.4, 0.5) is 0 Å². The molecule has 0 radical (unpaired) electrons. The van der Waals surface area contributed by atoms with Crippen molar-refractivity contribution in [1.82, 2.24) is 0 Å². The topological polar surface area (TPSA) is 47.5 Å². The molecular formula is C6H15N2O+. The van der Waals surface area contributed by atoms with Crippen LogP contribution in [0.15, 0.2) is 0 Å². The van der Waals surface area contributed by atoms with Gasteiger partial charge < -0.3 is 10.6 Å². The number of nitrogens with one attached hydrogen (secondary N) is 1. The first kappa shape index (κ1) is 8.43. The highest BCUT2D eigenvalue weighted by atomic mass is 16.1. The lowest BCUT2D eigenvalue weighted by molar-refractivity contribution is -0.871. The van der Waals surface area contributed by atoms with Crippen LogP contribution in [0.25, 0.3) is 0 Å².